The summed E-state index contributed by atoms with van der Waals surface area (Å²) >= 11 is 0. The standard InChI is InChI=1S/C20H20FN5O2/c1-20(2,3)25-19-23-17-13(16(27)12-7-4-5-8-14(12)21)11-22-26(17)18(24-19)15-9-6-10-28-15/h4-11,16,27H,1-3H3,(H,23,25). The van der Waals surface area contributed by atoms with Crippen LogP contribution < -0.4 is 5.32 Å². The minimum atomic E-state index is -1.22. The van der Waals surface area contributed by atoms with E-state index in [9.17, 15) is 9.50 Å². The van der Waals surface area contributed by atoms with Crippen LogP contribution in [0.15, 0.2) is 53.3 Å². The van der Waals surface area contributed by atoms with Crippen molar-refractivity contribution < 1.29 is 13.9 Å². The van der Waals surface area contributed by atoms with E-state index in [1.807, 2.05) is 20.8 Å². The van der Waals surface area contributed by atoms with Crippen molar-refractivity contribution >= 4 is 11.6 Å². The van der Waals surface area contributed by atoms with Crippen LogP contribution in [0.3, 0.4) is 0 Å². The Morgan fingerprint density at radius 1 is 1.11 bits per heavy atom. The van der Waals surface area contributed by atoms with E-state index in [2.05, 4.69) is 20.4 Å². The maximum absolute atomic E-state index is 14.2. The number of nitrogens with one attached hydrogen (secondary N) is 1. The number of hydrogen-bond donors (Lipinski definition) is 2. The third-order valence-electron chi connectivity index (χ3n) is 4.12. The van der Waals surface area contributed by atoms with Gasteiger partial charge in [0.05, 0.1) is 18.0 Å². The number of benzene rings is 1. The quantitative estimate of drug-likeness (QED) is 0.559. The Hall–Kier alpha value is -3.26. The van der Waals surface area contributed by atoms with E-state index >= 15 is 0 Å². The molecule has 28 heavy (non-hydrogen) atoms. The van der Waals surface area contributed by atoms with Gasteiger partial charge in [-0.25, -0.2) is 4.39 Å². The van der Waals surface area contributed by atoms with Crippen molar-refractivity contribution in [2.45, 2.75) is 32.4 Å². The molecule has 0 saturated carbocycles. The van der Waals surface area contributed by atoms with Crippen molar-refractivity contribution in [3.05, 3.63) is 65.8 Å². The van der Waals surface area contributed by atoms with Crippen molar-refractivity contribution in [1.82, 2.24) is 19.6 Å². The summed E-state index contributed by atoms with van der Waals surface area (Å²) < 4.78 is 21.2. The molecule has 3 aromatic heterocycles. The van der Waals surface area contributed by atoms with Gasteiger partial charge in [0.2, 0.25) is 11.8 Å². The van der Waals surface area contributed by atoms with Crippen LogP contribution in [-0.4, -0.2) is 30.2 Å². The first kappa shape index (κ1) is 18.1. The molecular formula is C20H20FN5O2. The summed E-state index contributed by atoms with van der Waals surface area (Å²) in [6.07, 6.45) is 1.79. The number of rotatable bonds is 4. The van der Waals surface area contributed by atoms with Gasteiger partial charge in [0, 0.05) is 11.1 Å². The number of aliphatic hydroxyl groups is 1. The number of nitrogens with zero attached hydrogens (tertiary/aromatic N) is 4. The second kappa shape index (κ2) is 6.72. The van der Waals surface area contributed by atoms with Crippen LogP contribution >= 0.6 is 0 Å². The predicted octanol–water partition coefficient (Wildman–Crippen LogP) is 3.82. The molecule has 0 spiro atoms. The van der Waals surface area contributed by atoms with E-state index in [1.165, 1.54) is 22.8 Å². The molecule has 1 unspecified atom stereocenters. The first-order chi connectivity index (χ1) is 13.3. The summed E-state index contributed by atoms with van der Waals surface area (Å²) in [6.45, 7) is 5.95. The van der Waals surface area contributed by atoms with Crippen LogP contribution in [0.25, 0.3) is 17.2 Å². The van der Waals surface area contributed by atoms with E-state index in [0.717, 1.165) is 0 Å². The number of fused-ring (bicyclic) bond motifs is 1. The van der Waals surface area contributed by atoms with Gasteiger partial charge in [-0.05, 0) is 39.0 Å². The van der Waals surface area contributed by atoms with Gasteiger partial charge >= 0.3 is 0 Å². The number of anilines is 1. The molecule has 3 heterocycles. The van der Waals surface area contributed by atoms with E-state index < -0.39 is 11.9 Å². The van der Waals surface area contributed by atoms with E-state index in [0.29, 0.717) is 28.7 Å². The van der Waals surface area contributed by atoms with E-state index in [1.54, 1.807) is 30.5 Å². The van der Waals surface area contributed by atoms with Crippen LogP contribution in [0.1, 0.15) is 38.0 Å². The number of halogens is 1. The highest BCUT2D eigenvalue weighted by Crippen LogP contribution is 2.29. The van der Waals surface area contributed by atoms with Gasteiger partial charge in [0.25, 0.3) is 0 Å². The molecule has 0 aliphatic heterocycles. The summed E-state index contributed by atoms with van der Waals surface area (Å²) in [6, 6.07) is 9.59. The number of aromatic nitrogens is 4. The number of hydrogen-bond acceptors (Lipinski definition) is 6. The van der Waals surface area contributed by atoms with Crippen LogP contribution in [0, 0.1) is 5.82 Å². The molecule has 144 valence electrons. The molecule has 1 atom stereocenters. The topological polar surface area (TPSA) is 88.5 Å². The first-order valence-corrected chi connectivity index (χ1v) is 8.84. The zero-order valence-electron chi connectivity index (χ0n) is 15.7. The Balaban J connectivity index is 1.91. The maximum Gasteiger partial charge on any atom is 0.227 e. The molecule has 0 aliphatic carbocycles. The molecule has 2 N–H and O–H groups in total. The normalized spacial score (nSPS) is 13.0. The van der Waals surface area contributed by atoms with E-state index in [-0.39, 0.29) is 11.1 Å². The summed E-state index contributed by atoms with van der Waals surface area (Å²) in [5.41, 5.74) is 0.602. The fraction of sp³-hybridized carbons (Fsp3) is 0.250. The molecule has 4 aromatic rings. The zero-order chi connectivity index (χ0) is 19.9. The Labute approximate surface area is 160 Å². The van der Waals surface area contributed by atoms with Crippen LogP contribution in [0.5, 0.6) is 0 Å². The number of aliphatic hydroxyl groups excluding tert-OH is 1. The van der Waals surface area contributed by atoms with Crippen molar-refractivity contribution in [2.24, 2.45) is 0 Å². The molecule has 0 aliphatic rings. The van der Waals surface area contributed by atoms with Gasteiger partial charge in [0.15, 0.2) is 11.4 Å². The highest BCUT2D eigenvalue weighted by atomic mass is 19.1. The Morgan fingerprint density at radius 2 is 1.89 bits per heavy atom. The monoisotopic (exact) mass is 381 g/mol. The second-order valence-electron chi connectivity index (χ2n) is 7.48. The molecule has 0 fully saturated rings. The predicted molar refractivity (Wildman–Crippen MR) is 102 cm³/mol. The SMILES string of the molecule is CC(C)(C)Nc1nc(-c2ccco2)n2ncc(C(O)c3ccccc3F)c2n1. The Bertz CT molecular complexity index is 1120. The lowest BCUT2D eigenvalue weighted by Gasteiger charge is -2.21. The summed E-state index contributed by atoms with van der Waals surface area (Å²) in [5.74, 6) is 0.782. The molecule has 1 aromatic carbocycles. The second-order valence-corrected chi connectivity index (χ2v) is 7.48. The molecule has 0 radical (unpaired) electrons. The van der Waals surface area contributed by atoms with Crippen molar-refractivity contribution in [2.75, 3.05) is 5.32 Å². The van der Waals surface area contributed by atoms with Crippen LogP contribution in [0.2, 0.25) is 0 Å². The molecule has 0 bridgehead atoms. The fourth-order valence-electron chi connectivity index (χ4n) is 2.91. The lowest BCUT2D eigenvalue weighted by Crippen LogP contribution is -2.27. The van der Waals surface area contributed by atoms with Crippen molar-refractivity contribution in [3.8, 4) is 11.6 Å². The first-order valence-electron chi connectivity index (χ1n) is 8.84. The molecule has 4 rings (SSSR count). The van der Waals surface area contributed by atoms with Crippen molar-refractivity contribution in [1.29, 1.82) is 0 Å². The summed E-state index contributed by atoms with van der Waals surface area (Å²) in [7, 11) is 0. The molecule has 7 nitrogen and oxygen atoms in total. The average Bonchev–Trinajstić information content (AvgIpc) is 3.29. The van der Waals surface area contributed by atoms with Gasteiger partial charge in [0.1, 0.15) is 11.9 Å². The van der Waals surface area contributed by atoms with Gasteiger partial charge in [-0.3, -0.25) is 0 Å². The Kier molecular flexibility index (Phi) is 4.35. The molecular weight excluding hydrogens is 361 g/mol. The van der Waals surface area contributed by atoms with Crippen LogP contribution in [-0.2, 0) is 0 Å². The minimum Gasteiger partial charge on any atom is -0.461 e. The van der Waals surface area contributed by atoms with Crippen LogP contribution in [0.4, 0.5) is 10.3 Å². The lowest BCUT2D eigenvalue weighted by molar-refractivity contribution is 0.216. The van der Waals surface area contributed by atoms with Gasteiger partial charge < -0.3 is 14.8 Å². The van der Waals surface area contributed by atoms with E-state index in [4.69, 9.17) is 4.42 Å². The highest BCUT2D eigenvalue weighted by molar-refractivity contribution is 5.60. The third kappa shape index (κ3) is 3.34. The summed E-state index contributed by atoms with van der Waals surface area (Å²) in [5, 5.41) is 18.3. The fourth-order valence-corrected chi connectivity index (χ4v) is 2.91. The molecule has 0 amide bonds. The Morgan fingerprint density at radius 3 is 2.57 bits per heavy atom. The van der Waals surface area contributed by atoms with Gasteiger partial charge in [-0.2, -0.15) is 19.6 Å². The largest absolute Gasteiger partial charge is 0.461 e. The minimum absolute atomic E-state index is 0.154. The average molecular weight is 381 g/mol. The highest BCUT2D eigenvalue weighted by Gasteiger charge is 2.24. The van der Waals surface area contributed by atoms with Gasteiger partial charge in [-0.1, -0.05) is 18.2 Å². The lowest BCUT2D eigenvalue weighted by atomic mass is 10.0. The van der Waals surface area contributed by atoms with Crippen molar-refractivity contribution in [3.63, 3.8) is 0 Å². The maximum atomic E-state index is 14.2. The van der Waals surface area contributed by atoms with Gasteiger partial charge in [-0.15, -0.1) is 0 Å². The molecule has 0 saturated heterocycles. The summed E-state index contributed by atoms with van der Waals surface area (Å²) in [4.78, 5) is 9.04. The molecule has 8 heteroatoms. The number of furan rings is 1. The smallest absolute Gasteiger partial charge is 0.227 e. The zero-order valence-corrected chi connectivity index (χ0v) is 15.7. The third-order valence-corrected chi connectivity index (χ3v) is 4.12.